The molecule has 0 radical (unpaired) electrons. The van der Waals surface area contributed by atoms with Crippen LogP contribution in [0, 0.1) is 0 Å². The normalized spacial score (nSPS) is 18.3. The molecular formula is C31H43NO2. The predicted octanol–water partition coefficient (Wildman–Crippen LogP) is 8.58. The predicted molar refractivity (Wildman–Crippen MR) is 142 cm³/mol. The number of carbonyl (C=O) groups excluding carboxylic acids is 1. The van der Waals surface area contributed by atoms with Crippen molar-refractivity contribution >= 4 is 5.97 Å². The van der Waals surface area contributed by atoms with E-state index < -0.39 is 0 Å². The smallest absolute Gasteiger partial charge is 0.330 e. The fourth-order valence-electron chi connectivity index (χ4n) is 4.83. The Kier molecular flexibility index (Phi) is 11.4. The molecule has 1 aromatic carbocycles. The molecule has 1 aliphatic carbocycles. The number of carbonyl (C=O) groups is 1. The number of aromatic nitrogens is 1. The lowest BCUT2D eigenvalue weighted by molar-refractivity contribution is -0.144. The molecule has 0 atom stereocenters. The van der Waals surface area contributed by atoms with Crippen molar-refractivity contribution in [3.05, 3.63) is 65.9 Å². The number of ether oxygens (including phenoxy) is 1. The van der Waals surface area contributed by atoms with Gasteiger partial charge >= 0.3 is 5.97 Å². The molecular weight excluding hydrogens is 418 g/mol. The molecule has 0 amide bonds. The fraction of sp³-hybridized carbons (Fsp3) is 0.548. The van der Waals surface area contributed by atoms with E-state index >= 15 is 0 Å². The summed E-state index contributed by atoms with van der Waals surface area (Å²) in [5, 5.41) is 0. The summed E-state index contributed by atoms with van der Waals surface area (Å²) < 4.78 is 5.69. The number of rotatable bonds is 13. The van der Waals surface area contributed by atoms with Crippen LogP contribution in [0.2, 0.25) is 0 Å². The average molecular weight is 462 g/mol. The van der Waals surface area contributed by atoms with Gasteiger partial charge in [0.2, 0.25) is 0 Å². The monoisotopic (exact) mass is 461 g/mol. The molecule has 1 saturated carbocycles. The van der Waals surface area contributed by atoms with Gasteiger partial charge in [0.1, 0.15) is 6.10 Å². The van der Waals surface area contributed by atoms with Crippen LogP contribution in [0.4, 0.5) is 0 Å². The van der Waals surface area contributed by atoms with Crippen molar-refractivity contribution in [1.29, 1.82) is 0 Å². The Morgan fingerprint density at radius 3 is 2.32 bits per heavy atom. The lowest BCUT2D eigenvalue weighted by Gasteiger charge is -2.28. The summed E-state index contributed by atoms with van der Waals surface area (Å²) in [6.07, 6.45) is 20.5. The van der Waals surface area contributed by atoms with Gasteiger partial charge in [-0.25, -0.2) is 4.79 Å². The number of allylic oxidation sites excluding steroid dienone is 1. The number of unbranched alkanes of at least 4 members (excludes halogenated alkanes) is 6. The third-order valence-corrected chi connectivity index (χ3v) is 7.01. The van der Waals surface area contributed by atoms with Gasteiger partial charge in [-0.05, 0) is 74.5 Å². The van der Waals surface area contributed by atoms with Crippen molar-refractivity contribution in [2.45, 2.75) is 109 Å². The first-order chi connectivity index (χ1) is 16.7. The van der Waals surface area contributed by atoms with Gasteiger partial charge in [-0.3, -0.25) is 4.98 Å². The molecule has 1 fully saturated rings. The molecule has 0 aliphatic heterocycles. The molecule has 0 saturated heterocycles. The van der Waals surface area contributed by atoms with Crippen LogP contribution in [0.3, 0.4) is 0 Å². The Morgan fingerprint density at radius 1 is 0.912 bits per heavy atom. The van der Waals surface area contributed by atoms with E-state index in [1.54, 1.807) is 6.08 Å². The summed E-state index contributed by atoms with van der Waals surface area (Å²) in [7, 11) is 0. The number of hydrogen-bond acceptors (Lipinski definition) is 3. The molecule has 1 heterocycles. The Balaban J connectivity index is 1.41. The van der Waals surface area contributed by atoms with Crippen LogP contribution in [0.1, 0.15) is 108 Å². The average Bonchev–Trinajstić information content (AvgIpc) is 2.87. The molecule has 2 aromatic rings. The summed E-state index contributed by atoms with van der Waals surface area (Å²) in [6.45, 7) is 4.45. The van der Waals surface area contributed by atoms with Crippen LogP contribution < -0.4 is 0 Å². The first-order valence-corrected chi connectivity index (χ1v) is 13.6. The van der Waals surface area contributed by atoms with E-state index in [2.05, 4.69) is 50.2 Å². The molecule has 3 heteroatoms. The molecule has 1 aliphatic rings. The van der Waals surface area contributed by atoms with Gasteiger partial charge in [-0.2, -0.15) is 0 Å². The lowest BCUT2D eigenvalue weighted by Crippen LogP contribution is -2.23. The third-order valence-electron chi connectivity index (χ3n) is 7.01. The van der Waals surface area contributed by atoms with Gasteiger partial charge in [0, 0.05) is 17.8 Å². The van der Waals surface area contributed by atoms with Crippen molar-refractivity contribution in [3.8, 4) is 11.3 Å². The highest BCUT2D eigenvalue weighted by Crippen LogP contribution is 2.35. The topological polar surface area (TPSA) is 39.2 Å². The van der Waals surface area contributed by atoms with Crippen LogP contribution in [-0.4, -0.2) is 17.1 Å². The maximum absolute atomic E-state index is 12.1. The van der Waals surface area contributed by atoms with Crippen molar-refractivity contribution < 1.29 is 9.53 Å². The minimum absolute atomic E-state index is 0.0628. The number of aryl methyl sites for hydroxylation is 1. The number of hydrogen-bond donors (Lipinski definition) is 0. The zero-order valence-corrected chi connectivity index (χ0v) is 21.3. The highest BCUT2D eigenvalue weighted by atomic mass is 16.5. The van der Waals surface area contributed by atoms with E-state index in [0.29, 0.717) is 5.92 Å². The molecule has 3 rings (SSSR count). The minimum Gasteiger partial charge on any atom is -0.459 e. The zero-order chi connectivity index (χ0) is 24.0. The third kappa shape index (κ3) is 8.74. The fourth-order valence-corrected chi connectivity index (χ4v) is 4.83. The van der Waals surface area contributed by atoms with Gasteiger partial charge in [0.15, 0.2) is 0 Å². The number of pyridine rings is 1. The number of nitrogens with zero attached hydrogens (tertiary/aromatic N) is 1. The highest BCUT2D eigenvalue weighted by Gasteiger charge is 2.24. The molecule has 184 valence electrons. The highest BCUT2D eigenvalue weighted by molar-refractivity contribution is 5.82. The van der Waals surface area contributed by atoms with Crippen LogP contribution in [0.15, 0.2) is 54.7 Å². The van der Waals surface area contributed by atoms with Crippen molar-refractivity contribution in [2.24, 2.45) is 0 Å². The van der Waals surface area contributed by atoms with Crippen LogP contribution in [0.25, 0.3) is 11.3 Å². The number of esters is 1. The van der Waals surface area contributed by atoms with Crippen LogP contribution in [0.5, 0.6) is 0 Å². The standard InChI is InChI=1S/C31H43NO2/c1-3-5-7-8-9-11-13-31(33)34-29-21-19-27(20-22-29)26-15-17-28(18-16-26)30-23-14-25(24-32-30)12-10-6-4-2/h11,13-18,23-24,27,29H,3-10,12,19-22H2,1-2H3. The van der Waals surface area contributed by atoms with Crippen molar-refractivity contribution in [3.63, 3.8) is 0 Å². The lowest BCUT2D eigenvalue weighted by atomic mass is 9.82. The molecule has 1 aromatic heterocycles. The first kappa shape index (κ1) is 26.2. The largest absolute Gasteiger partial charge is 0.459 e. The number of benzene rings is 1. The van der Waals surface area contributed by atoms with Crippen LogP contribution in [-0.2, 0) is 16.0 Å². The van der Waals surface area contributed by atoms with Crippen LogP contribution >= 0.6 is 0 Å². The quantitative estimate of drug-likeness (QED) is 0.170. The Hall–Kier alpha value is -2.42. The van der Waals surface area contributed by atoms with E-state index in [0.717, 1.165) is 50.6 Å². The maximum atomic E-state index is 12.1. The van der Waals surface area contributed by atoms with E-state index in [1.807, 2.05) is 12.3 Å². The SMILES string of the molecule is CCCCCCC=CC(=O)OC1CCC(c2ccc(-c3ccc(CCCCC)cn3)cc2)CC1. The van der Waals surface area contributed by atoms with Gasteiger partial charge in [-0.15, -0.1) is 0 Å². The summed E-state index contributed by atoms with van der Waals surface area (Å²) in [6, 6.07) is 13.3. The summed E-state index contributed by atoms with van der Waals surface area (Å²) in [4.78, 5) is 16.8. The molecule has 0 unspecified atom stereocenters. The van der Waals surface area contributed by atoms with E-state index in [-0.39, 0.29) is 12.1 Å². The molecule has 3 nitrogen and oxygen atoms in total. The van der Waals surface area contributed by atoms with Crippen molar-refractivity contribution in [2.75, 3.05) is 0 Å². The van der Waals surface area contributed by atoms with Gasteiger partial charge in [0.05, 0.1) is 5.69 Å². The van der Waals surface area contributed by atoms with E-state index in [4.69, 9.17) is 9.72 Å². The Bertz CT molecular complexity index is 861. The summed E-state index contributed by atoms with van der Waals surface area (Å²) in [5.74, 6) is 0.374. The van der Waals surface area contributed by atoms with Crippen molar-refractivity contribution in [1.82, 2.24) is 4.98 Å². The second kappa shape index (κ2) is 14.8. The first-order valence-electron chi connectivity index (χ1n) is 13.6. The molecule has 0 spiro atoms. The van der Waals surface area contributed by atoms with E-state index in [9.17, 15) is 4.79 Å². The zero-order valence-electron chi connectivity index (χ0n) is 21.3. The summed E-state index contributed by atoms with van der Waals surface area (Å²) >= 11 is 0. The minimum atomic E-state index is -0.174. The second-order valence-electron chi connectivity index (χ2n) is 9.79. The van der Waals surface area contributed by atoms with Gasteiger partial charge < -0.3 is 4.74 Å². The summed E-state index contributed by atoms with van der Waals surface area (Å²) in [5.41, 5.74) is 4.93. The maximum Gasteiger partial charge on any atom is 0.330 e. The molecule has 34 heavy (non-hydrogen) atoms. The molecule has 0 bridgehead atoms. The Morgan fingerprint density at radius 2 is 1.65 bits per heavy atom. The van der Waals surface area contributed by atoms with Gasteiger partial charge in [-0.1, -0.05) is 82.4 Å². The second-order valence-corrected chi connectivity index (χ2v) is 9.79. The van der Waals surface area contributed by atoms with Gasteiger partial charge in [0.25, 0.3) is 0 Å². The Labute approximate surface area is 207 Å². The molecule has 0 N–H and O–H groups in total. The van der Waals surface area contributed by atoms with E-state index in [1.165, 1.54) is 55.2 Å².